The van der Waals surface area contributed by atoms with Gasteiger partial charge in [-0.15, -0.1) is 0 Å². The fourth-order valence-electron chi connectivity index (χ4n) is 3.66. The van der Waals surface area contributed by atoms with Crippen LogP contribution in [-0.4, -0.2) is 60.2 Å². The molecule has 138 valence electrons. The van der Waals surface area contributed by atoms with Gasteiger partial charge in [0.05, 0.1) is 24.6 Å². The lowest BCUT2D eigenvalue weighted by Crippen LogP contribution is -2.46. The van der Waals surface area contributed by atoms with Gasteiger partial charge in [0, 0.05) is 44.1 Å². The Morgan fingerprint density at radius 2 is 1.96 bits per heavy atom. The smallest absolute Gasteiger partial charge is 0.322 e. The molecule has 0 atom stereocenters. The maximum atomic E-state index is 13.0. The van der Waals surface area contributed by atoms with Crippen LogP contribution in [0.15, 0.2) is 42.7 Å². The second-order valence-electron chi connectivity index (χ2n) is 6.98. The summed E-state index contributed by atoms with van der Waals surface area (Å²) in [4.78, 5) is 14.8. The van der Waals surface area contributed by atoms with Gasteiger partial charge in [0.25, 0.3) is 0 Å². The fraction of sp³-hybridized carbons (Fsp3) is 0.474. The van der Waals surface area contributed by atoms with Gasteiger partial charge >= 0.3 is 6.03 Å². The predicted molar refractivity (Wildman–Crippen MR) is 97.5 cm³/mol. The maximum absolute atomic E-state index is 13.0. The molecule has 0 aliphatic carbocycles. The first-order valence-electron chi connectivity index (χ1n) is 9.06. The minimum atomic E-state index is -0.0963. The summed E-state index contributed by atoms with van der Waals surface area (Å²) < 4.78 is 13.1. The molecule has 0 saturated carbocycles. The van der Waals surface area contributed by atoms with Crippen LogP contribution in [0, 0.1) is 5.41 Å². The summed E-state index contributed by atoms with van der Waals surface area (Å²) in [5.41, 5.74) is 1.60. The van der Waals surface area contributed by atoms with Crippen LogP contribution in [0.5, 0.6) is 0 Å². The molecule has 2 fully saturated rings. The lowest BCUT2D eigenvalue weighted by Gasteiger charge is -2.38. The van der Waals surface area contributed by atoms with E-state index in [4.69, 9.17) is 9.47 Å². The Kier molecular flexibility index (Phi) is 4.90. The molecule has 0 unspecified atom stereocenters. The van der Waals surface area contributed by atoms with E-state index in [1.807, 2.05) is 41.4 Å². The van der Waals surface area contributed by atoms with Gasteiger partial charge in [-0.05, 0) is 31.0 Å². The number of amides is 2. The number of nitrogens with zero attached hydrogens (tertiary/aromatic N) is 3. The summed E-state index contributed by atoms with van der Waals surface area (Å²) in [6.45, 7) is 4.03. The van der Waals surface area contributed by atoms with Crippen LogP contribution < -0.4 is 5.32 Å². The molecule has 1 spiro atoms. The van der Waals surface area contributed by atoms with Gasteiger partial charge in [-0.25, -0.2) is 9.48 Å². The number of rotatable bonds is 2. The van der Waals surface area contributed by atoms with Crippen LogP contribution in [0.4, 0.5) is 10.5 Å². The molecule has 3 heterocycles. The zero-order valence-electron chi connectivity index (χ0n) is 14.8. The van der Waals surface area contributed by atoms with Gasteiger partial charge < -0.3 is 19.7 Å². The Morgan fingerprint density at radius 3 is 2.77 bits per heavy atom. The van der Waals surface area contributed by atoms with E-state index in [0.29, 0.717) is 26.3 Å². The van der Waals surface area contributed by atoms with E-state index in [2.05, 4.69) is 10.4 Å². The van der Waals surface area contributed by atoms with E-state index in [1.165, 1.54) is 0 Å². The first kappa shape index (κ1) is 17.1. The van der Waals surface area contributed by atoms with Crippen molar-refractivity contribution in [2.45, 2.75) is 12.8 Å². The van der Waals surface area contributed by atoms with Crippen LogP contribution in [-0.2, 0) is 9.47 Å². The lowest BCUT2D eigenvalue weighted by atomic mass is 9.80. The van der Waals surface area contributed by atoms with Crippen LogP contribution in [0.2, 0.25) is 0 Å². The van der Waals surface area contributed by atoms with Crippen LogP contribution >= 0.6 is 0 Å². The Bertz CT molecular complexity index is 741. The van der Waals surface area contributed by atoms with Gasteiger partial charge in [-0.2, -0.15) is 5.10 Å². The molecular weight excluding hydrogens is 332 g/mol. The standard InChI is InChI=1S/C19H24N4O3/c24-18(21-16-4-1-2-5-17(16)23-9-3-8-20-23)22-10-13-26-15-19(14-22)6-11-25-12-7-19/h1-5,8-9H,6-7,10-15H2,(H,21,24). The van der Waals surface area contributed by atoms with E-state index in [-0.39, 0.29) is 11.4 Å². The largest absolute Gasteiger partial charge is 0.381 e. The Labute approximate surface area is 152 Å². The van der Waals surface area contributed by atoms with E-state index < -0.39 is 0 Å². The maximum Gasteiger partial charge on any atom is 0.322 e. The molecule has 1 aromatic heterocycles. The number of urea groups is 1. The van der Waals surface area contributed by atoms with Crippen molar-refractivity contribution in [3.8, 4) is 5.69 Å². The molecule has 0 bridgehead atoms. The van der Waals surface area contributed by atoms with Gasteiger partial charge in [0.15, 0.2) is 0 Å². The molecule has 2 aliphatic heterocycles. The summed E-state index contributed by atoms with van der Waals surface area (Å²) in [5.74, 6) is 0. The SMILES string of the molecule is O=C(Nc1ccccc1-n1cccn1)N1CCOCC2(CCOCC2)C1. The number of anilines is 1. The van der Waals surface area contributed by atoms with Crippen molar-refractivity contribution in [2.24, 2.45) is 5.41 Å². The molecule has 4 rings (SSSR count). The third kappa shape index (κ3) is 3.59. The van der Waals surface area contributed by atoms with Crippen molar-refractivity contribution in [1.82, 2.24) is 14.7 Å². The van der Waals surface area contributed by atoms with Crippen LogP contribution in [0.25, 0.3) is 5.69 Å². The normalized spacial score (nSPS) is 19.9. The van der Waals surface area contributed by atoms with Gasteiger partial charge in [0.1, 0.15) is 0 Å². The molecule has 0 radical (unpaired) electrons. The first-order valence-corrected chi connectivity index (χ1v) is 9.06. The molecule has 2 saturated heterocycles. The minimum absolute atomic E-state index is 0.00753. The molecule has 2 aliphatic rings. The number of para-hydroxylation sites is 2. The molecule has 26 heavy (non-hydrogen) atoms. The number of aromatic nitrogens is 2. The molecule has 7 nitrogen and oxygen atoms in total. The van der Waals surface area contributed by atoms with Crippen molar-refractivity contribution in [3.05, 3.63) is 42.7 Å². The third-order valence-electron chi connectivity index (χ3n) is 5.18. The highest BCUT2D eigenvalue weighted by molar-refractivity contribution is 5.91. The summed E-state index contributed by atoms with van der Waals surface area (Å²) in [5, 5.41) is 7.33. The number of carbonyl (C=O) groups is 1. The summed E-state index contributed by atoms with van der Waals surface area (Å²) in [6, 6.07) is 9.44. The zero-order valence-corrected chi connectivity index (χ0v) is 14.8. The molecule has 1 N–H and O–H groups in total. The van der Waals surface area contributed by atoms with Crippen LogP contribution in [0.3, 0.4) is 0 Å². The lowest BCUT2D eigenvalue weighted by molar-refractivity contribution is -0.0292. The number of hydrogen-bond donors (Lipinski definition) is 1. The fourth-order valence-corrected chi connectivity index (χ4v) is 3.66. The van der Waals surface area contributed by atoms with Crippen LogP contribution in [0.1, 0.15) is 12.8 Å². The summed E-state index contributed by atoms with van der Waals surface area (Å²) in [7, 11) is 0. The molecule has 7 heteroatoms. The highest BCUT2D eigenvalue weighted by Crippen LogP contribution is 2.33. The number of carbonyl (C=O) groups excluding carboxylic acids is 1. The monoisotopic (exact) mass is 356 g/mol. The number of hydrogen-bond acceptors (Lipinski definition) is 4. The van der Waals surface area contributed by atoms with Gasteiger partial charge in [0.2, 0.25) is 0 Å². The zero-order chi connectivity index (χ0) is 17.8. The highest BCUT2D eigenvalue weighted by Gasteiger charge is 2.38. The van der Waals surface area contributed by atoms with Crippen molar-refractivity contribution in [1.29, 1.82) is 0 Å². The quantitative estimate of drug-likeness (QED) is 0.898. The van der Waals surface area contributed by atoms with E-state index in [0.717, 1.165) is 37.4 Å². The topological polar surface area (TPSA) is 68.6 Å². The third-order valence-corrected chi connectivity index (χ3v) is 5.18. The van der Waals surface area contributed by atoms with Crippen molar-refractivity contribution in [3.63, 3.8) is 0 Å². The molecule has 2 aromatic rings. The van der Waals surface area contributed by atoms with Crippen molar-refractivity contribution < 1.29 is 14.3 Å². The van der Waals surface area contributed by atoms with E-state index >= 15 is 0 Å². The second kappa shape index (κ2) is 7.47. The number of nitrogens with one attached hydrogen (secondary N) is 1. The van der Waals surface area contributed by atoms with Gasteiger partial charge in [-0.1, -0.05) is 12.1 Å². The Hall–Kier alpha value is -2.38. The average molecular weight is 356 g/mol. The highest BCUT2D eigenvalue weighted by atomic mass is 16.5. The molecular formula is C19H24N4O3. The number of ether oxygens (including phenoxy) is 2. The van der Waals surface area contributed by atoms with Crippen molar-refractivity contribution >= 4 is 11.7 Å². The van der Waals surface area contributed by atoms with Crippen molar-refractivity contribution in [2.75, 3.05) is 44.8 Å². The Balaban J connectivity index is 1.51. The summed E-state index contributed by atoms with van der Waals surface area (Å²) in [6.07, 6.45) is 5.45. The van der Waals surface area contributed by atoms with E-state index in [1.54, 1.807) is 10.9 Å². The number of benzene rings is 1. The second-order valence-corrected chi connectivity index (χ2v) is 6.98. The predicted octanol–water partition coefficient (Wildman–Crippen LogP) is 2.53. The first-order chi connectivity index (χ1) is 12.8. The minimum Gasteiger partial charge on any atom is -0.381 e. The molecule has 1 aromatic carbocycles. The molecule has 2 amide bonds. The Morgan fingerprint density at radius 1 is 1.12 bits per heavy atom. The van der Waals surface area contributed by atoms with E-state index in [9.17, 15) is 4.79 Å². The average Bonchev–Trinajstić information content (AvgIpc) is 3.12. The van der Waals surface area contributed by atoms with Gasteiger partial charge in [-0.3, -0.25) is 0 Å². The summed E-state index contributed by atoms with van der Waals surface area (Å²) >= 11 is 0.